The number of halogens is 1. The minimum Gasteiger partial charge on any atom is -0.496 e. The Morgan fingerprint density at radius 2 is 2.18 bits per heavy atom. The normalized spacial score (nSPS) is 28.9. The van der Waals surface area contributed by atoms with Crippen LogP contribution in [-0.2, 0) is 0 Å². The van der Waals surface area contributed by atoms with Gasteiger partial charge < -0.3 is 10.1 Å². The van der Waals surface area contributed by atoms with E-state index < -0.39 is 0 Å². The van der Waals surface area contributed by atoms with Crippen LogP contribution in [0.2, 0.25) is 0 Å². The molecule has 90 valence electrons. The van der Waals surface area contributed by atoms with Gasteiger partial charge in [0, 0.05) is 11.1 Å². The molecule has 0 heterocycles. The zero-order valence-electron chi connectivity index (χ0n) is 9.63. The SMILES string of the molecule is COc1ccc(C(=O)NC23CC(C2)C3)cc1Br. The molecule has 0 spiro atoms. The van der Waals surface area contributed by atoms with Gasteiger partial charge in [-0.05, 0) is 59.3 Å². The van der Waals surface area contributed by atoms with Gasteiger partial charge >= 0.3 is 0 Å². The smallest absolute Gasteiger partial charge is 0.251 e. The third kappa shape index (κ3) is 1.75. The third-order valence-electron chi connectivity index (χ3n) is 3.83. The lowest BCUT2D eigenvalue weighted by Gasteiger charge is -2.61. The summed E-state index contributed by atoms with van der Waals surface area (Å²) in [6.45, 7) is 0. The van der Waals surface area contributed by atoms with Crippen LogP contribution in [0, 0.1) is 5.92 Å². The topological polar surface area (TPSA) is 38.3 Å². The molecule has 0 unspecified atom stereocenters. The van der Waals surface area contributed by atoms with E-state index in [1.54, 1.807) is 25.3 Å². The molecule has 3 saturated carbocycles. The number of ether oxygens (including phenoxy) is 1. The molecule has 2 bridgehead atoms. The predicted molar refractivity (Wildman–Crippen MR) is 68.2 cm³/mol. The summed E-state index contributed by atoms with van der Waals surface area (Å²) in [5.41, 5.74) is 0.816. The third-order valence-corrected chi connectivity index (χ3v) is 4.45. The van der Waals surface area contributed by atoms with Crippen LogP contribution < -0.4 is 10.1 Å². The maximum atomic E-state index is 12.1. The number of benzene rings is 1. The van der Waals surface area contributed by atoms with E-state index in [1.807, 2.05) is 0 Å². The van der Waals surface area contributed by atoms with Gasteiger partial charge in [0.15, 0.2) is 0 Å². The number of amides is 1. The second-order valence-corrected chi connectivity index (χ2v) is 5.92. The van der Waals surface area contributed by atoms with E-state index in [-0.39, 0.29) is 11.4 Å². The molecule has 1 N–H and O–H groups in total. The van der Waals surface area contributed by atoms with Crippen molar-refractivity contribution in [2.24, 2.45) is 5.92 Å². The first-order chi connectivity index (χ1) is 8.12. The minimum absolute atomic E-state index is 0.0199. The zero-order chi connectivity index (χ0) is 12.0. The summed E-state index contributed by atoms with van der Waals surface area (Å²) in [5, 5.41) is 3.14. The molecule has 0 aliphatic heterocycles. The Morgan fingerprint density at radius 3 is 2.65 bits per heavy atom. The molecule has 3 fully saturated rings. The summed E-state index contributed by atoms with van der Waals surface area (Å²) in [7, 11) is 1.61. The van der Waals surface area contributed by atoms with Gasteiger partial charge in [0.1, 0.15) is 5.75 Å². The van der Waals surface area contributed by atoms with Crippen LogP contribution in [-0.4, -0.2) is 18.6 Å². The maximum Gasteiger partial charge on any atom is 0.251 e. The summed E-state index contributed by atoms with van der Waals surface area (Å²) in [4.78, 5) is 12.1. The van der Waals surface area contributed by atoms with Crippen molar-refractivity contribution >= 4 is 21.8 Å². The number of methoxy groups -OCH3 is 1. The van der Waals surface area contributed by atoms with E-state index in [2.05, 4.69) is 21.2 Å². The number of rotatable bonds is 3. The summed E-state index contributed by atoms with van der Waals surface area (Å²) >= 11 is 3.39. The van der Waals surface area contributed by atoms with Gasteiger partial charge in [0.05, 0.1) is 11.6 Å². The molecule has 0 aromatic heterocycles. The molecule has 0 radical (unpaired) electrons. The quantitative estimate of drug-likeness (QED) is 0.931. The van der Waals surface area contributed by atoms with E-state index in [4.69, 9.17) is 4.74 Å². The van der Waals surface area contributed by atoms with Crippen LogP contribution >= 0.6 is 15.9 Å². The fourth-order valence-corrected chi connectivity index (χ4v) is 3.29. The van der Waals surface area contributed by atoms with Crippen molar-refractivity contribution < 1.29 is 9.53 Å². The van der Waals surface area contributed by atoms with Crippen LogP contribution in [0.3, 0.4) is 0 Å². The Balaban J connectivity index is 1.74. The number of carbonyl (C=O) groups excluding carboxylic acids is 1. The van der Waals surface area contributed by atoms with Gasteiger partial charge in [0.25, 0.3) is 5.91 Å². The lowest BCUT2D eigenvalue weighted by Crippen LogP contribution is -2.68. The van der Waals surface area contributed by atoms with E-state index in [9.17, 15) is 4.79 Å². The fraction of sp³-hybridized carbons (Fsp3) is 0.462. The van der Waals surface area contributed by atoms with Crippen molar-refractivity contribution in [2.45, 2.75) is 24.8 Å². The van der Waals surface area contributed by atoms with Gasteiger partial charge in [-0.15, -0.1) is 0 Å². The molecule has 1 aromatic rings. The van der Waals surface area contributed by atoms with Crippen molar-refractivity contribution in [1.29, 1.82) is 0 Å². The monoisotopic (exact) mass is 295 g/mol. The van der Waals surface area contributed by atoms with Gasteiger partial charge in [-0.3, -0.25) is 4.79 Å². The van der Waals surface area contributed by atoms with E-state index in [0.29, 0.717) is 5.56 Å². The number of hydrogen-bond donors (Lipinski definition) is 1. The van der Waals surface area contributed by atoms with Gasteiger partial charge in [-0.2, -0.15) is 0 Å². The Bertz CT molecular complexity index is 469. The summed E-state index contributed by atoms with van der Waals surface area (Å²) in [6, 6.07) is 5.41. The Morgan fingerprint density at radius 1 is 1.47 bits per heavy atom. The molecule has 0 saturated heterocycles. The summed E-state index contributed by atoms with van der Waals surface area (Å²) in [6.07, 6.45) is 3.49. The largest absolute Gasteiger partial charge is 0.496 e. The second-order valence-electron chi connectivity index (χ2n) is 5.06. The number of carbonyl (C=O) groups is 1. The Labute approximate surface area is 109 Å². The summed E-state index contributed by atoms with van der Waals surface area (Å²) in [5.74, 6) is 1.64. The molecule has 0 atom stereocenters. The first-order valence-electron chi connectivity index (χ1n) is 5.78. The number of nitrogens with one attached hydrogen (secondary N) is 1. The molecule has 3 aliphatic rings. The molecular weight excluding hydrogens is 282 g/mol. The van der Waals surface area contributed by atoms with Crippen LogP contribution in [0.5, 0.6) is 5.75 Å². The standard InChI is InChI=1S/C13H14BrNO2/c1-17-11-3-2-9(4-10(11)14)12(16)15-13-5-8(6-13)7-13/h2-4,8H,5-7H2,1H3,(H,15,16). The first kappa shape index (κ1) is 11.1. The highest BCUT2D eigenvalue weighted by atomic mass is 79.9. The average Bonchev–Trinajstić information content (AvgIpc) is 2.21. The zero-order valence-corrected chi connectivity index (χ0v) is 11.2. The van der Waals surface area contributed by atoms with Crippen molar-refractivity contribution in [3.63, 3.8) is 0 Å². The Hall–Kier alpha value is -1.03. The van der Waals surface area contributed by atoms with Crippen molar-refractivity contribution in [2.75, 3.05) is 7.11 Å². The van der Waals surface area contributed by atoms with Crippen LogP contribution in [0.1, 0.15) is 29.6 Å². The molecular formula is C13H14BrNO2. The van der Waals surface area contributed by atoms with E-state index in [0.717, 1.165) is 35.4 Å². The van der Waals surface area contributed by atoms with Crippen LogP contribution in [0.15, 0.2) is 22.7 Å². The maximum absolute atomic E-state index is 12.1. The molecule has 3 aliphatic carbocycles. The van der Waals surface area contributed by atoms with Gasteiger partial charge in [0.2, 0.25) is 0 Å². The van der Waals surface area contributed by atoms with Crippen molar-refractivity contribution in [3.8, 4) is 5.75 Å². The minimum atomic E-state index is 0.0199. The lowest BCUT2D eigenvalue weighted by molar-refractivity contribution is -0.0438. The predicted octanol–water partition coefficient (Wildman–Crippen LogP) is 2.74. The summed E-state index contributed by atoms with van der Waals surface area (Å²) < 4.78 is 5.95. The van der Waals surface area contributed by atoms with E-state index in [1.165, 1.54) is 0 Å². The number of hydrogen-bond acceptors (Lipinski definition) is 2. The Kier molecular flexibility index (Phi) is 2.43. The van der Waals surface area contributed by atoms with Crippen molar-refractivity contribution in [3.05, 3.63) is 28.2 Å². The lowest BCUT2D eigenvalue weighted by atomic mass is 9.50. The second kappa shape index (κ2) is 3.73. The van der Waals surface area contributed by atoms with Crippen LogP contribution in [0.25, 0.3) is 0 Å². The average molecular weight is 296 g/mol. The molecule has 1 amide bonds. The highest BCUT2D eigenvalue weighted by Crippen LogP contribution is 2.57. The molecule has 3 nitrogen and oxygen atoms in total. The fourth-order valence-electron chi connectivity index (χ4n) is 2.75. The highest BCUT2D eigenvalue weighted by molar-refractivity contribution is 9.10. The molecule has 17 heavy (non-hydrogen) atoms. The van der Waals surface area contributed by atoms with Crippen molar-refractivity contribution in [1.82, 2.24) is 5.32 Å². The van der Waals surface area contributed by atoms with Gasteiger partial charge in [-0.1, -0.05) is 0 Å². The molecule has 1 aromatic carbocycles. The molecule has 4 rings (SSSR count). The first-order valence-corrected chi connectivity index (χ1v) is 6.57. The van der Waals surface area contributed by atoms with Crippen LogP contribution in [0.4, 0.5) is 0 Å². The van der Waals surface area contributed by atoms with Gasteiger partial charge in [-0.25, -0.2) is 0 Å². The highest BCUT2D eigenvalue weighted by Gasteiger charge is 2.57. The van der Waals surface area contributed by atoms with E-state index >= 15 is 0 Å². The molecule has 4 heteroatoms.